The molecular weight excluding hydrogens is 269 g/mol. The van der Waals surface area contributed by atoms with Gasteiger partial charge in [-0.05, 0) is 36.4 Å². The maximum atomic E-state index is 12.2. The average Bonchev–Trinajstić information content (AvgIpc) is 2.45. The molecule has 0 bridgehead atoms. The summed E-state index contributed by atoms with van der Waals surface area (Å²) < 4.78 is 36.6. The lowest BCUT2D eigenvalue weighted by Gasteiger charge is -2.04. The van der Waals surface area contributed by atoms with Gasteiger partial charge in [0.1, 0.15) is 0 Å². The third kappa shape index (κ3) is 3.50. The summed E-state index contributed by atoms with van der Waals surface area (Å²) in [5, 5.41) is 7.79. The molecule has 2 aromatic carbocycles. The van der Waals surface area contributed by atoms with E-state index in [9.17, 15) is 18.0 Å². The van der Waals surface area contributed by atoms with E-state index < -0.39 is 17.5 Å². The van der Waals surface area contributed by atoms with E-state index in [0.29, 0.717) is 11.4 Å². The maximum Gasteiger partial charge on any atom is 0.454 e. The predicted molar refractivity (Wildman–Crippen MR) is 67.4 cm³/mol. The van der Waals surface area contributed by atoms with Crippen LogP contribution in [0.2, 0.25) is 0 Å². The van der Waals surface area contributed by atoms with Crippen LogP contribution in [0.3, 0.4) is 0 Å². The summed E-state index contributed by atoms with van der Waals surface area (Å²) >= 11 is 0. The standard InChI is InChI=1S/C14H9F3N2O/c15-14(16,17)13(20)10-6-8-12(9-7-10)19-18-11-4-2-1-3-5-11/h1-9H/b19-18+. The van der Waals surface area contributed by atoms with Gasteiger partial charge in [0, 0.05) is 5.56 Å². The Morgan fingerprint density at radius 1 is 0.800 bits per heavy atom. The maximum absolute atomic E-state index is 12.2. The van der Waals surface area contributed by atoms with Gasteiger partial charge in [-0.3, -0.25) is 4.79 Å². The molecule has 0 N–H and O–H groups in total. The van der Waals surface area contributed by atoms with E-state index in [4.69, 9.17) is 0 Å². The highest BCUT2D eigenvalue weighted by molar-refractivity contribution is 6.00. The minimum absolute atomic E-state index is 0.368. The largest absolute Gasteiger partial charge is 0.454 e. The molecule has 0 fully saturated rings. The van der Waals surface area contributed by atoms with E-state index in [1.54, 1.807) is 24.3 Å². The number of azo groups is 1. The molecule has 0 amide bonds. The van der Waals surface area contributed by atoms with Gasteiger partial charge in [-0.25, -0.2) is 0 Å². The van der Waals surface area contributed by atoms with Gasteiger partial charge < -0.3 is 0 Å². The minimum Gasteiger partial charge on any atom is -0.284 e. The van der Waals surface area contributed by atoms with Crippen molar-refractivity contribution >= 4 is 17.2 Å². The highest BCUT2D eigenvalue weighted by Gasteiger charge is 2.39. The predicted octanol–water partition coefficient (Wildman–Crippen LogP) is 4.85. The van der Waals surface area contributed by atoms with E-state index in [0.717, 1.165) is 12.1 Å². The van der Waals surface area contributed by atoms with E-state index in [1.165, 1.54) is 12.1 Å². The van der Waals surface area contributed by atoms with Gasteiger partial charge in [0.25, 0.3) is 5.78 Å². The first-order valence-electron chi connectivity index (χ1n) is 5.65. The zero-order valence-electron chi connectivity index (χ0n) is 10.1. The first-order chi connectivity index (χ1) is 9.47. The number of alkyl halides is 3. The molecule has 0 spiro atoms. The molecule has 0 aliphatic heterocycles. The van der Waals surface area contributed by atoms with E-state index >= 15 is 0 Å². The third-order valence-electron chi connectivity index (χ3n) is 2.42. The van der Waals surface area contributed by atoms with Crippen LogP contribution in [0.4, 0.5) is 24.5 Å². The van der Waals surface area contributed by atoms with Crippen molar-refractivity contribution in [2.24, 2.45) is 10.2 Å². The van der Waals surface area contributed by atoms with Gasteiger partial charge in [-0.15, -0.1) is 0 Å². The lowest BCUT2D eigenvalue weighted by Crippen LogP contribution is -2.22. The van der Waals surface area contributed by atoms with Crippen LogP contribution in [0.25, 0.3) is 0 Å². The number of benzene rings is 2. The fraction of sp³-hybridized carbons (Fsp3) is 0.0714. The summed E-state index contributed by atoms with van der Waals surface area (Å²) in [4.78, 5) is 11.0. The molecule has 0 atom stereocenters. The van der Waals surface area contributed by atoms with Crippen LogP contribution in [0.5, 0.6) is 0 Å². The summed E-state index contributed by atoms with van der Waals surface area (Å²) in [5.41, 5.74) is 0.576. The molecule has 20 heavy (non-hydrogen) atoms. The van der Waals surface area contributed by atoms with Crippen molar-refractivity contribution in [3.8, 4) is 0 Å². The zero-order chi connectivity index (χ0) is 14.6. The molecule has 0 aromatic heterocycles. The average molecular weight is 278 g/mol. The van der Waals surface area contributed by atoms with Crippen molar-refractivity contribution < 1.29 is 18.0 Å². The van der Waals surface area contributed by atoms with Crippen molar-refractivity contribution in [1.29, 1.82) is 0 Å². The van der Waals surface area contributed by atoms with Crippen molar-refractivity contribution in [2.45, 2.75) is 6.18 Å². The Hall–Kier alpha value is -2.50. The summed E-state index contributed by atoms with van der Waals surface area (Å²) in [6, 6.07) is 13.7. The second-order valence-corrected chi connectivity index (χ2v) is 3.91. The molecule has 2 aromatic rings. The molecule has 2 rings (SSSR count). The van der Waals surface area contributed by atoms with Crippen LogP contribution in [-0.2, 0) is 0 Å². The molecule has 0 aliphatic carbocycles. The number of ketones is 1. The second-order valence-electron chi connectivity index (χ2n) is 3.91. The van der Waals surface area contributed by atoms with Crippen molar-refractivity contribution in [3.05, 3.63) is 60.2 Å². The Labute approximate surface area is 112 Å². The van der Waals surface area contributed by atoms with Crippen LogP contribution in [0.1, 0.15) is 10.4 Å². The Morgan fingerprint density at radius 3 is 1.80 bits per heavy atom. The lowest BCUT2D eigenvalue weighted by molar-refractivity contribution is -0.0885. The first-order valence-corrected chi connectivity index (χ1v) is 5.65. The number of hydrogen-bond acceptors (Lipinski definition) is 3. The molecule has 0 heterocycles. The van der Waals surface area contributed by atoms with Gasteiger partial charge in [0.05, 0.1) is 11.4 Å². The Kier molecular flexibility index (Phi) is 3.93. The van der Waals surface area contributed by atoms with Crippen LogP contribution in [-0.4, -0.2) is 12.0 Å². The molecule has 0 saturated heterocycles. The number of hydrogen-bond donors (Lipinski definition) is 0. The summed E-state index contributed by atoms with van der Waals surface area (Å²) in [7, 11) is 0. The van der Waals surface area contributed by atoms with Crippen LogP contribution >= 0.6 is 0 Å². The van der Waals surface area contributed by atoms with Crippen molar-refractivity contribution in [2.75, 3.05) is 0 Å². The highest BCUT2D eigenvalue weighted by Crippen LogP contribution is 2.24. The normalized spacial score (nSPS) is 11.8. The molecule has 3 nitrogen and oxygen atoms in total. The molecule has 102 valence electrons. The van der Waals surface area contributed by atoms with Gasteiger partial charge in [0.2, 0.25) is 0 Å². The van der Waals surface area contributed by atoms with Gasteiger partial charge in [0.15, 0.2) is 0 Å². The van der Waals surface area contributed by atoms with Gasteiger partial charge in [-0.1, -0.05) is 18.2 Å². The molecule has 6 heteroatoms. The van der Waals surface area contributed by atoms with Crippen LogP contribution in [0.15, 0.2) is 64.8 Å². The molecule has 0 aliphatic rings. The number of rotatable bonds is 3. The third-order valence-corrected chi connectivity index (χ3v) is 2.42. The van der Waals surface area contributed by atoms with E-state index in [1.807, 2.05) is 6.07 Å². The summed E-state index contributed by atoms with van der Waals surface area (Å²) in [5.74, 6) is -1.87. The number of carbonyl (C=O) groups excluding carboxylic acids is 1. The Morgan fingerprint density at radius 2 is 1.30 bits per heavy atom. The topological polar surface area (TPSA) is 41.8 Å². The fourth-order valence-electron chi connectivity index (χ4n) is 1.45. The second kappa shape index (κ2) is 5.64. The van der Waals surface area contributed by atoms with Crippen LogP contribution in [0, 0.1) is 0 Å². The SMILES string of the molecule is O=C(c1ccc(/N=N/c2ccccc2)cc1)C(F)(F)F. The zero-order valence-corrected chi connectivity index (χ0v) is 10.1. The monoisotopic (exact) mass is 278 g/mol. The smallest absolute Gasteiger partial charge is 0.284 e. The molecule has 0 saturated carbocycles. The quantitative estimate of drug-likeness (QED) is 0.584. The number of halogens is 3. The molecular formula is C14H9F3N2O. The molecule has 0 radical (unpaired) electrons. The Balaban J connectivity index is 2.13. The number of carbonyl (C=O) groups is 1. The van der Waals surface area contributed by atoms with Crippen molar-refractivity contribution in [1.82, 2.24) is 0 Å². The van der Waals surface area contributed by atoms with E-state index in [-0.39, 0.29) is 0 Å². The van der Waals surface area contributed by atoms with Crippen LogP contribution < -0.4 is 0 Å². The molecule has 0 unspecified atom stereocenters. The highest BCUT2D eigenvalue weighted by atomic mass is 19.4. The summed E-state index contributed by atoms with van der Waals surface area (Å²) in [6.45, 7) is 0. The lowest BCUT2D eigenvalue weighted by atomic mass is 10.1. The van der Waals surface area contributed by atoms with Gasteiger partial charge in [-0.2, -0.15) is 23.4 Å². The van der Waals surface area contributed by atoms with Crippen molar-refractivity contribution in [3.63, 3.8) is 0 Å². The van der Waals surface area contributed by atoms with Gasteiger partial charge >= 0.3 is 6.18 Å². The first kappa shape index (κ1) is 13.9. The Bertz CT molecular complexity index is 619. The summed E-state index contributed by atoms with van der Waals surface area (Å²) in [6.07, 6.45) is -4.87. The van der Waals surface area contributed by atoms with E-state index in [2.05, 4.69) is 10.2 Å². The minimum atomic E-state index is -4.87. The fourth-order valence-corrected chi connectivity index (χ4v) is 1.45. The number of nitrogens with zero attached hydrogens (tertiary/aromatic N) is 2. The number of Topliss-reactive ketones (excluding diaryl/α,β-unsaturated/α-hetero) is 1.